The summed E-state index contributed by atoms with van der Waals surface area (Å²) in [5.41, 5.74) is 11.5. The molecule has 5 N–H and O–H groups in total. The summed E-state index contributed by atoms with van der Waals surface area (Å²) in [5, 5.41) is 24.2. The predicted molar refractivity (Wildman–Crippen MR) is 148 cm³/mol. The first-order valence-corrected chi connectivity index (χ1v) is 13.4. The molecule has 0 atom stereocenters. The van der Waals surface area contributed by atoms with Gasteiger partial charge < -0.3 is 40.6 Å². The molecule has 0 aliphatic carbocycles. The van der Waals surface area contributed by atoms with E-state index in [1.165, 1.54) is 6.07 Å². The summed E-state index contributed by atoms with van der Waals surface area (Å²) in [4.78, 5) is 21.9. The molecule has 2 aromatic rings. The number of nitrogen functional groups attached to an aromatic ring is 2. The summed E-state index contributed by atoms with van der Waals surface area (Å²) in [6, 6.07) is 7.80. The molecule has 15 heteroatoms. The number of nitrogens with zero attached hydrogens (tertiary/aromatic N) is 3. The number of rotatable bonds is 3. The van der Waals surface area contributed by atoms with Crippen molar-refractivity contribution in [2.75, 3.05) is 69.0 Å². The van der Waals surface area contributed by atoms with Crippen molar-refractivity contribution in [1.82, 2.24) is 5.32 Å². The highest BCUT2D eigenvalue weighted by Gasteiger charge is 2.40. The van der Waals surface area contributed by atoms with Crippen LogP contribution in [0.25, 0.3) is 0 Å². The maximum atomic E-state index is 12.3. The molecule has 4 aliphatic rings. The van der Waals surface area contributed by atoms with Gasteiger partial charge in [0.2, 0.25) is 0 Å². The Morgan fingerprint density at radius 1 is 0.756 bits per heavy atom. The molecule has 224 valence electrons. The maximum Gasteiger partial charge on any atom is 0.292 e. The third-order valence-electron chi connectivity index (χ3n) is 7.28. The van der Waals surface area contributed by atoms with Crippen LogP contribution in [0.2, 0.25) is 0 Å². The minimum atomic E-state index is -0.658. The Balaban J connectivity index is 0.000000156. The maximum absolute atomic E-state index is 12.3. The molecule has 4 heterocycles. The number of piperidine rings is 2. The van der Waals surface area contributed by atoms with E-state index in [1.54, 1.807) is 12.1 Å². The van der Waals surface area contributed by atoms with Gasteiger partial charge in [0.05, 0.1) is 36.3 Å². The zero-order valence-corrected chi connectivity index (χ0v) is 22.6. The van der Waals surface area contributed by atoms with Crippen LogP contribution in [0.15, 0.2) is 36.4 Å². The van der Waals surface area contributed by atoms with Crippen LogP contribution in [0.1, 0.15) is 25.7 Å². The summed E-state index contributed by atoms with van der Waals surface area (Å²) in [6.45, 7) is 6.50. The molecule has 0 amide bonds. The number of nitro groups is 2. The Kier molecular flexibility index (Phi) is 9.88. The van der Waals surface area contributed by atoms with Crippen molar-refractivity contribution >= 4 is 28.4 Å². The summed E-state index contributed by atoms with van der Waals surface area (Å²) in [7, 11) is 0. The summed E-state index contributed by atoms with van der Waals surface area (Å²) >= 11 is 0. The molecule has 0 radical (unpaired) electrons. The van der Waals surface area contributed by atoms with E-state index < -0.39 is 21.5 Å². The van der Waals surface area contributed by atoms with Gasteiger partial charge in [0.15, 0.2) is 11.6 Å². The second-order valence-electron chi connectivity index (χ2n) is 9.91. The van der Waals surface area contributed by atoms with Gasteiger partial charge in [-0.1, -0.05) is 0 Å². The first kappa shape index (κ1) is 30.3. The predicted octanol–water partition coefficient (Wildman–Crippen LogP) is 2.95. The SMILES string of the molecule is C1CC2(CCN1)OCCO2.Nc1cc(F)ccc1[N+](=O)[O-].Nc1cc(N2CCC3(CC2)OCCO3)ccc1[N+](=O)[O-]. The van der Waals surface area contributed by atoms with Crippen molar-refractivity contribution in [2.24, 2.45) is 0 Å². The van der Waals surface area contributed by atoms with Gasteiger partial charge >= 0.3 is 0 Å². The number of anilines is 3. The minimum Gasteiger partial charge on any atom is -0.393 e. The molecule has 14 nitrogen and oxygen atoms in total. The van der Waals surface area contributed by atoms with Gasteiger partial charge in [-0.05, 0) is 18.2 Å². The smallest absolute Gasteiger partial charge is 0.292 e. The minimum absolute atomic E-state index is 0.0512. The van der Waals surface area contributed by atoms with Gasteiger partial charge in [0.25, 0.3) is 11.4 Å². The fraction of sp³-hybridized carbons (Fsp3) is 0.538. The van der Waals surface area contributed by atoms with Crippen LogP contribution in [0.5, 0.6) is 0 Å². The number of nitrogens with one attached hydrogen (secondary N) is 1. The number of nitrogens with two attached hydrogens (primary N) is 2. The molecule has 4 aliphatic heterocycles. The molecule has 0 saturated carbocycles. The lowest BCUT2D eigenvalue weighted by Crippen LogP contribution is -2.45. The highest BCUT2D eigenvalue weighted by Crippen LogP contribution is 2.35. The fourth-order valence-electron chi connectivity index (χ4n) is 5.08. The molecule has 2 spiro atoms. The van der Waals surface area contributed by atoms with E-state index in [4.69, 9.17) is 30.4 Å². The number of ether oxygens (including phenoxy) is 4. The first-order valence-electron chi connectivity index (χ1n) is 13.4. The van der Waals surface area contributed by atoms with E-state index in [0.29, 0.717) is 13.2 Å². The van der Waals surface area contributed by atoms with Crippen molar-refractivity contribution in [3.63, 3.8) is 0 Å². The Hall–Kier alpha value is -3.63. The number of benzene rings is 2. The van der Waals surface area contributed by atoms with Crippen molar-refractivity contribution in [3.8, 4) is 0 Å². The Bertz CT molecular complexity index is 1200. The molecule has 0 unspecified atom stereocenters. The number of halogens is 1. The van der Waals surface area contributed by atoms with Crippen molar-refractivity contribution < 1.29 is 33.2 Å². The zero-order valence-electron chi connectivity index (χ0n) is 22.6. The van der Waals surface area contributed by atoms with Crippen molar-refractivity contribution in [3.05, 3.63) is 62.4 Å². The second-order valence-corrected chi connectivity index (χ2v) is 9.91. The van der Waals surface area contributed by atoms with Crippen LogP contribution < -0.4 is 21.7 Å². The molecular weight excluding hydrogens is 543 g/mol. The summed E-state index contributed by atoms with van der Waals surface area (Å²) in [5.74, 6) is -1.18. The quantitative estimate of drug-likeness (QED) is 0.275. The lowest BCUT2D eigenvalue weighted by molar-refractivity contribution is -0.384. The Morgan fingerprint density at radius 3 is 1.68 bits per heavy atom. The second kappa shape index (κ2) is 13.4. The van der Waals surface area contributed by atoms with Gasteiger partial charge in [-0.3, -0.25) is 20.2 Å². The number of hydrogen-bond donors (Lipinski definition) is 3. The molecule has 41 heavy (non-hydrogen) atoms. The lowest BCUT2D eigenvalue weighted by atomic mass is 10.0. The molecule has 4 fully saturated rings. The molecule has 2 aromatic carbocycles. The number of nitro benzene ring substituents is 2. The van der Waals surface area contributed by atoms with E-state index in [9.17, 15) is 24.6 Å². The van der Waals surface area contributed by atoms with Gasteiger partial charge in [0.1, 0.15) is 17.2 Å². The fourth-order valence-corrected chi connectivity index (χ4v) is 5.08. The summed E-state index contributed by atoms with van der Waals surface area (Å²) < 4.78 is 34.7. The zero-order chi connectivity index (χ0) is 29.5. The third kappa shape index (κ3) is 7.77. The van der Waals surface area contributed by atoms with Crippen molar-refractivity contribution in [1.29, 1.82) is 0 Å². The third-order valence-corrected chi connectivity index (χ3v) is 7.28. The van der Waals surface area contributed by atoms with E-state index in [0.717, 1.165) is 89.0 Å². The largest absolute Gasteiger partial charge is 0.393 e. The van der Waals surface area contributed by atoms with Gasteiger partial charge in [-0.25, -0.2) is 4.39 Å². The Labute approximate surface area is 236 Å². The monoisotopic (exact) mass is 578 g/mol. The average molecular weight is 579 g/mol. The van der Waals surface area contributed by atoms with Gasteiger partial charge in [-0.2, -0.15) is 0 Å². The highest BCUT2D eigenvalue weighted by molar-refractivity contribution is 5.66. The number of hydrogen-bond acceptors (Lipinski definition) is 12. The van der Waals surface area contributed by atoms with E-state index >= 15 is 0 Å². The normalized spacial score (nSPS) is 20.6. The molecule has 4 saturated heterocycles. The van der Waals surface area contributed by atoms with Crippen LogP contribution in [-0.4, -0.2) is 74.0 Å². The molecule has 0 bridgehead atoms. The van der Waals surface area contributed by atoms with E-state index in [2.05, 4.69) is 10.2 Å². The Morgan fingerprint density at radius 2 is 1.22 bits per heavy atom. The van der Waals surface area contributed by atoms with Gasteiger partial charge in [-0.15, -0.1) is 0 Å². The lowest BCUT2D eigenvalue weighted by Gasteiger charge is -2.38. The van der Waals surface area contributed by atoms with E-state index in [-0.39, 0.29) is 28.5 Å². The van der Waals surface area contributed by atoms with Crippen molar-refractivity contribution in [2.45, 2.75) is 37.3 Å². The van der Waals surface area contributed by atoms with E-state index in [1.807, 2.05) is 0 Å². The van der Waals surface area contributed by atoms with Crippen LogP contribution in [0, 0.1) is 26.0 Å². The molecule has 6 rings (SSSR count). The van der Waals surface area contributed by atoms with Crippen LogP contribution in [0.4, 0.5) is 32.8 Å². The average Bonchev–Trinajstić information content (AvgIpc) is 3.60. The first-order chi connectivity index (χ1) is 19.6. The van der Waals surface area contributed by atoms with Crippen LogP contribution >= 0.6 is 0 Å². The summed E-state index contributed by atoms with van der Waals surface area (Å²) in [6.07, 6.45) is 3.60. The topological polar surface area (TPSA) is 191 Å². The van der Waals surface area contributed by atoms with Crippen LogP contribution in [-0.2, 0) is 18.9 Å². The standard InChI is InChI=1S/C13H17N3O4.C7H13NO2.C6H5FN2O2/c14-11-9-10(1-2-12(11)16(17)18)15-5-3-13(4-6-15)19-7-8-20-13;1-3-8-4-2-7(1)9-5-6-10-7;7-4-1-2-6(9(10)11)5(8)3-4/h1-2,9H,3-8,14H2;8H,1-6H2;1-3H,8H2. The van der Waals surface area contributed by atoms with Gasteiger partial charge in [0, 0.05) is 75.7 Å². The van der Waals surface area contributed by atoms with Crippen LogP contribution in [0.3, 0.4) is 0 Å². The molecular formula is C26H35FN6O8. The highest BCUT2D eigenvalue weighted by atomic mass is 19.1. The molecule has 0 aromatic heterocycles.